The summed E-state index contributed by atoms with van der Waals surface area (Å²) in [6.07, 6.45) is 4.70. The Morgan fingerprint density at radius 3 is 2.26 bits per heavy atom. The van der Waals surface area contributed by atoms with Gasteiger partial charge in [0.05, 0.1) is 6.20 Å². The minimum absolute atomic E-state index is 0.236. The maximum Gasteiger partial charge on any atom is 0.0521 e. The van der Waals surface area contributed by atoms with Crippen molar-refractivity contribution in [2.45, 2.75) is 18.8 Å². The molecule has 0 saturated heterocycles. The standard InChI is InChI=1S/C15H18Cl2N2/c1-12-3-5-14(6-4-12)15(10-16,11-17)7-13-8-18-19(2)9-13/h3-6,8-9H,7,10-11H2,1-2H3. The van der Waals surface area contributed by atoms with Gasteiger partial charge in [0.1, 0.15) is 0 Å². The van der Waals surface area contributed by atoms with Crippen LogP contribution in [-0.2, 0) is 18.9 Å². The molecule has 19 heavy (non-hydrogen) atoms. The Labute approximate surface area is 124 Å². The van der Waals surface area contributed by atoms with Crippen LogP contribution in [-0.4, -0.2) is 21.5 Å². The first kappa shape index (κ1) is 14.4. The van der Waals surface area contributed by atoms with E-state index in [4.69, 9.17) is 23.2 Å². The van der Waals surface area contributed by atoms with Crippen LogP contribution in [0.4, 0.5) is 0 Å². The Balaban J connectivity index is 2.33. The molecule has 0 spiro atoms. The zero-order valence-corrected chi connectivity index (χ0v) is 12.7. The lowest BCUT2D eigenvalue weighted by Gasteiger charge is -2.30. The molecule has 0 bridgehead atoms. The molecular formula is C15H18Cl2N2. The van der Waals surface area contributed by atoms with E-state index in [0.717, 1.165) is 12.0 Å². The molecule has 0 amide bonds. The number of hydrogen-bond acceptors (Lipinski definition) is 1. The normalized spacial score (nSPS) is 11.8. The highest BCUT2D eigenvalue weighted by atomic mass is 35.5. The number of halogens is 2. The number of benzene rings is 1. The van der Waals surface area contributed by atoms with Crippen LogP contribution in [0.2, 0.25) is 0 Å². The van der Waals surface area contributed by atoms with Crippen molar-refractivity contribution in [3.63, 3.8) is 0 Å². The van der Waals surface area contributed by atoms with Crippen LogP contribution in [0, 0.1) is 6.92 Å². The number of aromatic nitrogens is 2. The van der Waals surface area contributed by atoms with Crippen molar-refractivity contribution in [2.75, 3.05) is 11.8 Å². The van der Waals surface area contributed by atoms with Gasteiger partial charge >= 0.3 is 0 Å². The third-order valence-corrected chi connectivity index (χ3v) is 4.50. The van der Waals surface area contributed by atoms with Gasteiger partial charge in [-0.15, -0.1) is 23.2 Å². The largest absolute Gasteiger partial charge is 0.276 e. The lowest BCUT2D eigenvalue weighted by molar-refractivity contribution is 0.536. The number of hydrogen-bond donors (Lipinski definition) is 0. The van der Waals surface area contributed by atoms with E-state index in [2.05, 4.69) is 36.3 Å². The molecule has 2 rings (SSSR count). The molecule has 0 atom stereocenters. The molecule has 1 heterocycles. The van der Waals surface area contributed by atoms with E-state index in [1.807, 2.05) is 19.4 Å². The first-order valence-electron chi connectivity index (χ1n) is 6.26. The molecule has 0 saturated carbocycles. The van der Waals surface area contributed by atoms with E-state index < -0.39 is 0 Å². The van der Waals surface area contributed by atoms with E-state index >= 15 is 0 Å². The van der Waals surface area contributed by atoms with Gasteiger partial charge in [-0.1, -0.05) is 29.8 Å². The molecule has 2 aromatic rings. The molecule has 102 valence electrons. The van der Waals surface area contributed by atoms with Crippen molar-refractivity contribution in [1.82, 2.24) is 9.78 Å². The second-order valence-electron chi connectivity index (χ2n) is 5.11. The second-order valence-corrected chi connectivity index (χ2v) is 5.65. The Kier molecular flexibility index (Phi) is 4.54. The van der Waals surface area contributed by atoms with Crippen molar-refractivity contribution in [3.8, 4) is 0 Å². The zero-order chi connectivity index (χ0) is 13.9. The lowest BCUT2D eigenvalue weighted by atomic mass is 9.79. The topological polar surface area (TPSA) is 17.8 Å². The van der Waals surface area contributed by atoms with E-state index in [1.54, 1.807) is 4.68 Å². The van der Waals surface area contributed by atoms with Crippen LogP contribution < -0.4 is 0 Å². The monoisotopic (exact) mass is 296 g/mol. The first-order valence-corrected chi connectivity index (χ1v) is 7.33. The Bertz CT molecular complexity index is 527. The smallest absolute Gasteiger partial charge is 0.0521 e. The van der Waals surface area contributed by atoms with Gasteiger partial charge in [0.25, 0.3) is 0 Å². The van der Waals surface area contributed by atoms with Crippen molar-refractivity contribution in [1.29, 1.82) is 0 Å². The summed E-state index contributed by atoms with van der Waals surface area (Å²) in [6.45, 7) is 2.08. The van der Waals surface area contributed by atoms with Crippen molar-refractivity contribution in [3.05, 3.63) is 53.3 Å². The summed E-state index contributed by atoms with van der Waals surface area (Å²) in [6, 6.07) is 8.45. The van der Waals surface area contributed by atoms with Gasteiger partial charge < -0.3 is 0 Å². The highest BCUT2D eigenvalue weighted by Crippen LogP contribution is 2.31. The molecule has 0 unspecified atom stereocenters. The third-order valence-electron chi connectivity index (χ3n) is 3.48. The molecule has 0 aliphatic carbocycles. The van der Waals surface area contributed by atoms with Crippen LogP contribution in [0.5, 0.6) is 0 Å². The predicted molar refractivity (Wildman–Crippen MR) is 81.2 cm³/mol. The quantitative estimate of drug-likeness (QED) is 0.770. The van der Waals surface area contributed by atoms with Gasteiger partial charge in [-0.25, -0.2) is 0 Å². The number of alkyl halides is 2. The second kappa shape index (κ2) is 5.98. The lowest BCUT2D eigenvalue weighted by Crippen LogP contribution is -2.33. The summed E-state index contributed by atoms with van der Waals surface area (Å²) >= 11 is 12.5. The predicted octanol–water partition coefficient (Wildman–Crippen LogP) is 3.69. The minimum Gasteiger partial charge on any atom is -0.276 e. The third kappa shape index (κ3) is 3.13. The van der Waals surface area contributed by atoms with Crippen molar-refractivity contribution < 1.29 is 0 Å². The summed E-state index contributed by atoms with van der Waals surface area (Å²) in [4.78, 5) is 0. The Morgan fingerprint density at radius 1 is 1.16 bits per heavy atom. The highest BCUT2D eigenvalue weighted by molar-refractivity contribution is 6.22. The zero-order valence-electron chi connectivity index (χ0n) is 11.2. The molecular weight excluding hydrogens is 279 g/mol. The minimum atomic E-state index is -0.236. The number of rotatable bonds is 5. The van der Waals surface area contributed by atoms with Crippen molar-refractivity contribution >= 4 is 23.2 Å². The van der Waals surface area contributed by atoms with Gasteiger partial charge in [-0.2, -0.15) is 5.10 Å². The molecule has 4 heteroatoms. The van der Waals surface area contributed by atoms with Crippen molar-refractivity contribution in [2.24, 2.45) is 7.05 Å². The van der Waals surface area contributed by atoms with Gasteiger partial charge in [-0.3, -0.25) is 4.68 Å². The highest BCUT2D eigenvalue weighted by Gasteiger charge is 2.31. The summed E-state index contributed by atoms with van der Waals surface area (Å²) in [7, 11) is 1.92. The maximum atomic E-state index is 6.24. The van der Waals surface area contributed by atoms with E-state index in [1.165, 1.54) is 11.1 Å². The Morgan fingerprint density at radius 2 is 1.79 bits per heavy atom. The molecule has 1 aromatic heterocycles. The molecule has 0 fully saturated rings. The van der Waals surface area contributed by atoms with Gasteiger partial charge in [0, 0.05) is 30.4 Å². The fourth-order valence-electron chi connectivity index (χ4n) is 2.25. The summed E-state index contributed by atoms with van der Waals surface area (Å²) in [5.41, 5.74) is 3.35. The average Bonchev–Trinajstić information content (AvgIpc) is 2.82. The number of nitrogens with zero attached hydrogens (tertiary/aromatic N) is 2. The molecule has 2 nitrogen and oxygen atoms in total. The van der Waals surface area contributed by atoms with Crippen LogP contribution >= 0.6 is 23.2 Å². The van der Waals surface area contributed by atoms with E-state index in [9.17, 15) is 0 Å². The van der Waals surface area contributed by atoms with E-state index in [0.29, 0.717) is 11.8 Å². The summed E-state index contributed by atoms with van der Waals surface area (Å²) < 4.78 is 1.80. The van der Waals surface area contributed by atoms with Gasteiger partial charge in [0.15, 0.2) is 0 Å². The van der Waals surface area contributed by atoms with Gasteiger partial charge in [-0.05, 0) is 24.5 Å². The SMILES string of the molecule is Cc1ccc(C(CCl)(CCl)Cc2cnn(C)c2)cc1. The first-order chi connectivity index (χ1) is 9.09. The maximum absolute atomic E-state index is 6.24. The molecule has 0 aliphatic heterocycles. The van der Waals surface area contributed by atoms with Crippen LogP contribution in [0.1, 0.15) is 16.7 Å². The molecule has 0 aliphatic rings. The molecule has 0 radical (unpaired) electrons. The van der Waals surface area contributed by atoms with Crippen LogP contribution in [0.25, 0.3) is 0 Å². The van der Waals surface area contributed by atoms with Crippen LogP contribution in [0.15, 0.2) is 36.7 Å². The molecule has 1 aromatic carbocycles. The summed E-state index contributed by atoms with van der Waals surface area (Å²) in [5, 5.41) is 4.21. The summed E-state index contributed by atoms with van der Waals surface area (Å²) in [5.74, 6) is 0.989. The Hall–Kier alpha value is -0.990. The van der Waals surface area contributed by atoms with Crippen LogP contribution in [0.3, 0.4) is 0 Å². The van der Waals surface area contributed by atoms with E-state index in [-0.39, 0.29) is 5.41 Å². The van der Waals surface area contributed by atoms with Gasteiger partial charge in [0.2, 0.25) is 0 Å². The fourth-order valence-corrected chi connectivity index (χ4v) is 3.03. The molecule has 0 N–H and O–H groups in total. The average molecular weight is 297 g/mol. The fraction of sp³-hybridized carbons (Fsp3) is 0.400. The number of aryl methyl sites for hydroxylation is 2.